The number of hydrogen-bond acceptors (Lipinski definition) is 4. The van der Waals surface area contributed by atoms with E-state index in [0.717, 1.165) is 17.5 Å². The van der Waals surface area contributed by atoms with Crippen LogP contribution < -0.4 is 10.6 Å². The van der Waals surface area contributed by atoms with E-state index in [1.54, 1.807) is 0 Å². The first-order chi connectivity index (χ1) is 9.70. The van der Waals surface area contributed by atoms with E-state index in [-0.39, 0.29) is 12.6 Å². The smallest absolute Gasteiger partial charge is 0.315 e. The van der Waals surface area contributed by atoms with Crippen molar-refractivity contribution >= 4 is 6.03 Å². The van der Waals surface area contributed by atoms with Gasteiger partial charge in [0.25, 0.3) is 0 Å². The number of carbonyl (C=O) groups is 1. The number of benzene rings is 1. The van der Waals surface area contributed by atoms with Crippen LogP contribution in [0.25, 0.3) is 11.4 Å². The van der Waals surface area contributed by atoms with Crippen molar-refractivity contribution in [3.63, 3.8) is 0 Å². The summed E-state index contributed by atoms with van der Waals surface area (Å²) in [7, 11) is 0. The van der Waals surface area contributed by atoms with E-state index in [0.29, 0.717) is 18.3 Å². The number of aromatic nitrogens is 2. The summed E-state index contributed by atoms with van der Waals surface area (Å²) < 4.78 is 5.13. The molecule has 0 unspecified atom stereocenters. The maximum Gasteiger partial charge on any atom is 0.315 e. The Kier molecular flexibility index (Phi) is 4.70. The topological polar surface area (TPSA) is 80.0 Å². The molecule has 6 heteroatoms. The lowest BCUT2D eigenvalue weighted by Crippen LogP contribution is -2.35. The monoisotopic (exact) mass is 274 g/mol. The van der Waals surface area contributed by atoms with Crippen LogP contribution in [0.1, 0.15) is 24.8 Å². The fourth-order valence-corrected chi connectivity index (χ4v) is 1.72. The molecule has 0 saturated heterocycles. The first kappa shape index (κ1) is 14.0. The summed E-state index contributed by atoms with van der Waals surface area (Å²) in [5.41, 5.74) is 2.01. The fourth-order valence-electron chi connectivity index (χ4n) is 1.72. The lowest BCUT2D eigenvalue weighted by molar-refractivity contribution is 0.238. The van der Waals surface area contributed by atoms with Gasteiger partial charge in [0, 0.05) is 12.1 Å². The minimum Gasteiger partial charge on any atom is -0.338 e. The number of nitrogens with one attached hydrogen (secondary N) is 2. The summed E-state index contributed by atoms with van der Waals surface area (Å²) >= 11 is 0. The third-order valence-electron chi connectivity index (χ3n) is 2.79. The highest BCUT2D eigenvalue weighted by Gasteiger charge is 2.10. The predicted molar refractivity (Wildman–Crippen MR) is 75.0 cm³/mol. The minimum atomic E-state index is -0.234. The van der Waals surface area contributed by atoms with Crippen LogP contribution in [-0.2, 0) is 6.54 Å². The maximum atomic E-state index is 11.4. The lowest BCUT2D eigenvalue weighted by atomic mass is 10.1. The molecule has 0 spiro atoms. The molecule has 106 valence electrons. The van der Waals surface area contributed by atoms with Crippen LogP contribution in [0, 0.1) is 6.92 Å². The molecule has 0 aliphatic carbocycles. The molecule has 0 aliphatic heterocycles. The van der Waals surface area contributed by atoms with Crippen molar-refractivity contribution in [2.75, 3.05) is 6.54 Å². The summed E-state index contributed by atoms with van der Waals surface area (Å²) in [6.07, 6.45) is 0.894. The lowest BCUT2D eigenvalue weighted by Gasteiger charge is -2.03. The van der Waals surface area contributed by atoms with Gasteiger partial charge in [0.1, 0.15) is 0 Å². The van der Waals surface area contributed by atoms with Gasteiger partial charge in [-0.05, 0) is 18.9 Å². The molecule has 20 heavy (non-hydrogen) atoms. The zero-order valence-corrected chi connectivity index (χ0v) is 11.6. The molecular formula is C14H18N4O2. The van der Waals surface area contributed by atoms with E-state index in [1.165, 1.54) is 0 Å². The Labute approximate surface area is 117 Å². The van der Waals surface area contributed by atoms with Crippen LogP contribution in [-0.4, -0.2) is 22.7 Å². The van der Waals surface area contributed by atoms with Gasteiger partial charge in [0.15, 0.2) is 0 Å². The van der Waals surface area contributed by atoms with Gasteiger partial charge in [-0.25, -0.2) is 4.79 Å². The summed E-state index contributed by atoms with van der Waals surface area (Å²) in [5.74, 6) is 0.920. The van der Waals surface area contributed by atoms with Gasteiger partial charge in [-0.3, -0.25) is 0 Å². The van der Waals surface area contributed by atoms with E-state index in [2.05, 4.69) is 20.8 Å². The highest BCUT2D eigenvalue weighted by atomic mass is 16.5. The number of hydrogen-bond donors (Lipinski definition) is 2. The summed E-state index contributed by atoms with van der Waals surface area (Å²) in [5, 5.41) is 9.31. The van der Waals surface area contributed by atoms with E-state index >= 15 is 0 Å². The molecule has 1 heterocycles. The van der Waals surface area contributed by atoms with E-state index in [1.807, 2.05) is 38.1 Å². The van der Waals surface area contributed by atoms with Gasteiger partial charge in [-0.1, -0.05) is 36.3 Å². The van der Waals surface area contributed by atoms with Gasteiger partial charge in [0.05, 0.1) is 6.54 Å². The highest BCUT2D eigenvalue weighted by molar-refractivity contribution is 5.73. The third kappa shape index (κ3) is 3.57. The van der Waals surface area contributed by atoms with Crippen LogP contribution in [0.2, 0.25) is 0 Å². The SMILES string of the molecule is CCCNC(=O)NCc1nc(-c2ccccc2C)no1. The summed E-state index contributed by atoms with van der Waals surface area (Å²) in [6, 6.07) is 7.57. The Morgan fingerprint density at radius 2 is 2.10 bits per heavy atom. The molecular weight excluding hydrogens is 256 g/mol. The molecule has 1 aromatic heterocycles. The molecule has 2 amide bonds. The number of carbonyl (C=O) groups excluding carboxylic acids is 1. The van der Waals surface area contributed by atoms with Gasteiger partial charge < -0.3 is 15.2 Å². The van der Waals surface area contributed by atoms with Crippen molar-refractivity contribution < 1.29 is 9.32 Å². The second-order valence-corrected chi connectivity index (χ2v) is 4.44. The minimum absolute atomic E-state index is 0.217. The van der Waals surface area contributed by atoms with Crippen LogP contribution in [0.5, 0.6) is 0 Å². The zero-order chi connectivity index (χ0) is 14.4. The first-order valence-electron chi connectivity index (χ1n) is 6.61. The standard InChI is InChI=1S/C14H18N4O2/c1-3-8-15-14(19)16-9-12-17-13(18-20-12)11-7-5-4-6-10(11)2/h4-7H,3,8-9H2,1-2H3,(H2,15,16,19). The molecule has 0 aliphatic rings. The Bertz CT molecular complexity index is 580. The fraction of sp³-hybridized carbons (Fsp3) is 0.357. The molecule has 2 aromatic rings. The highest BCUT2D eigenvalue weighted by Crippen LogP contribution is 2.19. The normalized spacial score (nSPS) is 10.3. The average Bonchev–Trinajstić information content (AvgIpc) is 2.92. The Hall–Kier alpha value is -2.37. The van der Waals surface area contributed by atoms with Crippen molar-refractivity contribution in [1.82, 2.24) is 20.8 Å². The molecule has 6 nitrogen and oxygen atoms in total. The molecule has 1 aromatic carbocycles. The van der Waals surface area contributed by atoms with Crippen molar-refractivity contribution in [3.8, 4) is 11.4 Å². The maximum absolute atomic E-state index is 11.4. The molecule has 0 atom stereocenters. The van der Waals surface area contributed by atoms with Crippen LogP contribution >= 0.6 is 0 Å². The Morgan fingerprint density at radius 3 is 2.85 bits per heavy atom. The first-order valence-corrected chi connectivity index (χ1v) is 6.61. The molecule has 0 radical (unpaired) electrons. The number of nitrogens with zero attached hydrogens (tertiary/aromatic N) is 2. The predicted octanol–water partition coefficient (Wildman–Crippen LogP) is 2.25. The van der Waals surface area contributed by atoms with E-state index in [4.69, 9.17) is 4.52 Å². The van der Waals surface area contributed by atoms with Crippen molar-refractivity contribution in [3.05, 3.63) is 35.7 Å². The zero-order valence-electron chi connectivity index (χ0n) is 11.6. The second-order valence-electron chi connectivity index (χ2n) is 4.44. The van der Waals surface area contributed by atoms with Crippen LogP contribution in [0.4, 0.5) is 4.79 Å². The second kappa shape index (κ2) is 6.70. The number of rotatable bonds is 5. The van der Waals surface area contributed by atoms with E-state index in [9.17, 15) is 4.79 Å². The number of amides is 2. The van der Waals surface area contributed by atoms with Crippen LogP contribution in [0.15, 0.2) is 28.8 Å². The van der Waals surface area contributed by atoms with Gasteiger partial charge in [-0.15, -0.1) is 0 Å². The molecule has 0 fully saturated rings. The van der Waals surface area contributed by atoms with E-state index < -0.39 is 0 Å². The van der Waals surface area contributed by atoms with Gasteiger partial charge in [-0.2, -0.15) is 4.98 Å². The Balaban J connectivity index is 1.96. The largest absolute Gasteiger partial charge is 0.338 e. The molecule has 2 N–H and O–H groups in total. The summed E-state index contributed by atoms with van der Waals surface area (Å²) in [6.45, 7) is 4.84. The van der Waals surface area contributed by atoms with Crippen molar-refractivity contribution in [2.45, 2.75) is 26.8 Å². The number of aryl methyl sites for hydroxylation is 1. The molecule has 0 saturated carbocycles. The van der Waals surface area contributed by atoms with Crippen LogP contribution in [0.3, 0.4) is 0 Å². The molecule has 2 rings (SSSR count). The van der Waals surface area contributed by atoms with Crippen molar-refractivity contribution in [1.29, 1.82) is 0 Å². The van der Waals surface area contributed by atoms with Gasteiger partial charge in [0.2, 0.25) is 11.7 Å². The molecule has 0 bridgehead atoms. The quantitative estimate of drug-likeness (QED) is 0.876. The third-order valence-corrected chi connectivity index (χ3v) is 2.79. The van der Waals surface area contributed by atoms with Crippen molar-refractivity contribution in [2.24, 2.45) is 0 Å². The van der Waals surface area contributed by atoms with Gasteiger partial charge >= 0.3 is 6.03 Å². The average molecular weight is 274 g/mol. The Morgan fingerprint density at radius 1 is 1.30 bits per heavy atom. The summed E-state index contributed by atoms with van der Waals surface area (Å²) in [4.78, 5) is 15.7. The number of urea groups is 1.